The van der Waals surface area contributed by atoms with E-state index in [1.165, 1.54) is 0 Å². The second kappa shape index (κ2) is 5.51. The topological polar surface area (TPSA) is 68.4 Å². The largest absolute Gasteiger partial charge is 0.485 e. The minimum absolute atomic E-state index is 0.0516. The molecule has 18 heavy (non-hydrogen) atoms. The summed E-state index contributed by atoms with van der Waals surface area (Å²) < 4.78 is 5.60. The maximum Gasteiger partial charge on any atom is 0.166 e. The lowest BCUT2D eigenvalue weighted by molar-refractivity contribution is 0.281. The average molecular weight is 244 g/mol. The van der Waals surface area contributed by atoms with E-state index in [0.717, 1.165) is 16.8 Å². The van der Waals surface area contributed by atoms with Crippen LogP contribution in [0.3, 0.4) is 0 Å². The SMILES string of the molecule is Cc1ccc(OCc2ccc(CO)cc2)c(N)n1. The van der Waals surface area contributed by atoms with E-state index in [1.807, 2.05) is 43.3 Å². The quantitative estimate of drug-likeness (QED) is 0.863. The second-order valence-electron chi connectivity index (χ2n) is 4.10. The minimum atomic E-state index is 0.0516. The number of aliphatic hydroxyl groups excluding tert-OH is 1. The Balaban J connectivity index is 2.02. The van der Waals surface area contributed by atoms with Crippen LogP contribution in [0.2, 0.25) is 0 Å². The highest BCUT2D eigenvalue weighted by molar-refractivity contribution is 5.46. The molecule has 0 radical (unpaired) electrons. The first-order chi connectivity index (χ1) is 8.69. The van der Waals surface area contributed by atoms with Crippen molar-refractivity contribution in [3.05, 3.63) is 53.2 Å². The molecule has 1 heterocycles. The van der Waals surface area contributed by atoms with Gasteiger partial charge in [-0.05, 0) is 30.2 Å². The number of aromatic nitrogens is 1. The molecule has 0 aliphatic carbocycles. The smallest absolute Gasteiger partial charge is 0.166 e. The maximum absolute atomic E-state index is 8.94. The summed E-state index contributed by atoms with van der Waals surface area (Å²) >= 11 is 0. The Morgan fingerprint density at radius 1 is 1.11 bits per heavy atom. The lowest BCUT2D eigenvalue weighted by Crippen LogP contribution is -2.01. The van der Waals surface area contributed by atoms with Crippen LogP contribution >= 0.6 is 0 Å². The van der Waals surface area contributed by atoms with Crippen LogP contribution in [-0.2, 0) is 13.2 Å². The normalized spacial score (nSPS) is 10.3. The third-order valence-electron chi connectivity index (χ3n) is 2.63. The fourth-order valence-corrected chi connectivity index (χ4v) is 1.59. The summed E-state index contributed by atoms with van der Waals surface area (Å²) in [5.41, 5.74) is 8.53. The van der Waals surface area contributed by atoms with E-state index in [9.17, 15) is 0 Å². The van der Waals surface area contributed by atoms with Crippen LogP contribution in [0.15, 0.2) is 36.4 Å². The van der Waals surface area contributed by atoms with Crippen molar-refractivity contribution in [2.24, 2.45) is 0 Å². The summed E-state index contributed by atoms with van der Waals surface area (Å²) in [5, 5.41) is 8.94. The van der Waals surface area contributed by atoms with Crippen molar-refractivity contribution in [2.45, 2.75) is 20.1 Å². The zero-order valence-corrected chi connectivity index (χ0v) is 10.3. The van der Waals surface area contributed by atoms with Gasteiger partial charge < -0.3 is 15.6 Å². The first-order valence-corrected chi connectivity index (χ1v) is 5.73. The van der Waals surface area contributed by atoms with Crippen LogP contribution in [0, 0.1) is 6.92 Å². The number of anilines is 1. The van der Waals surface area contributed by atoms with Gasteiger partial charge in [-0.2, -0.15) is 0 Å². The van der Waals surface area contributed by atoms with Crippen molar-refractivity contribution >= 4 is 5.82 Å². The number of rotatable bonds is 4. The van der Waals surface area contributed by atoms with Crippen LogP contribution in [0.5, 0.6) is 5.75 Å². The van der Waals surface area contributed by atoms with Crippen molar-refractivity contribution in [3.8, 4) is 5.75 Å². The number of nitrogen functional groups attached to an aromatic ring is 1. The van der Waals surface area contributed by atoms with Gasteiger partial charge in [-0.25, -0.2) is 4.98 Å². The molecule has 2 aromatic rings. The molecule has 0 amide bonds. The molecule has 0 bridgehead atoms. The lowest BCUT2D eigenvalue weighted by Gasteiger charge is -2.09. The number of benzene rings is 1. The van der Waals surface area contributed by atoms with E-state index < -0.39 is 0 Å². The molecule has 94 valence electrons. The highest BCUT2D eigenvalue weighted by Gasteiger charge is 2.02. The van der Waals surface area contributed by atoms with Gasteiger partial charge in [-0.15, -0.1) is 0 Å². The standard InChI is InChI=1S/C14H16N2O2/c1-10-2-7-13(14(15)16-10)18-9-12-5-3-11(8-17)4-6-12/h2-7,17H,8-9H2,1H3,(H2,15,16). The Hall–Kier alpha value is -2.07. The number of aryl methyl sites for hydroxylation is 1. The van der Waals surface area contributed by atoms with Gasteiger partial charge in [-0.3, -0.25) is 0 Å². The Kier molecular flexibility index (Phi) is 3.79. The third kappa shape index (κ3) is 2.99. The van der Waals surface area contributed by atoms with E-state index in [1.54, 1.807) is 0 Å². The van der Waals surface area contributed by atoms with Crippen molar-refractivity contribution in [2.75, 3.05) is 5.73 Å². The molecule has 0 atom stereocenters. The summed E-state index contributed by atoms with van der Waals surface area (Å²) in [6, 6.07) is 11.3. The molecule has 1 aromatic heterocycles. The summed E-state index contributed by atoms with van der Waals surface area (Å²) in [4.78, 5) is 4.13. The van der Waals surface area contributed by atoms with Gasteiger partial charge in [0, 0.05) is 5.69 Å². The molecule has 0 aliphatic heterocycles. The van der Waals surface area contributed by atoms with E-state index in [4.69, 9.17) is 15.6 Å². The number of aliphatic hydroxyl groups is 1. The minimum Gasteiger partial charge on any atom is -0.485 e. The zero-order chi connectivity index (χ0) is 13.0. The Labute approximate surface area is 106 Å². The van der Waals surface area contributed by atoms with Gasteiger partial charge in [0.1, 0.15) is 6.61 Å². The van der Waals surface area contributed by atoms with Crippen molar-refractivity contribution in [3.63, 3.8) is 0 Å². The molecule has 1 aromatic carbocycles. The summed E-state index contributed by atoms with van der Waals surface area (Å²) in [7, 11) is 0. The summed E-state index contributed by atoms with van der Waals surface area (Å²) in [6.07, 6.45) is 0. The van der Waals surface area contributed by atoms with Gasteiger partial charge in [0.05, 0.1) is 6.61 Å². The molecule has 3 N–H and O–H groups in total. The number of nitrogens with two attached hydrogens (primary N) is 1. The fraction of sp³-hybridized carbons (Fsp3) is 0.214. The monoisotopic (exact) mass is 244 g/mol. The highest BCUT2D eigenvalue weighted by atomic mass is 16.5. The van der Waals surface area contributed by atoms with Crippen LogP contribution in [0.4, 0.5) is 5.82 Å². The molecule has 4 nitrogen and oxygen atoms in total. The van der Waals surface area contributed by atoms with Gasteiger partial charge in [0.15, 0.2) is 11.6 Å². The number of nitrogens with zero attached hydrogens (tertiary/aromatic N) is 1. The number of hydrogen-bond acceptors (Lipinski definition) is 4. The molecular formula is C14H16N2O2. The number of pyridine rings is 1. The predicted molar refractivity (Wildman–Crippen MR) is 70.1 cm³/mol. The average Bonchev–Trinajstić information content (AvgIpc) is 2.38. The zero-order valence-electron chi connectivity index (χ0n) is 10.3. The van der Waals surface area contributed by atoms with Crippen LogP contribution in [0.25, 0.3) is 0 Å². The Morgan fingerprint density at radius 3 is 2.39 bits per heavy atom. The van der Waals surface area contributed by atoms with Crippen LogP contribution in [-0.4, -0.2) is 10.1 Å². The van der Waals surface area contributed by atoms with Gasteiger partial charge in [-0.1, -0.05) is 24.3 Å². The molecule has 0 unspecified atom stereocenters. The van der Waals surface area contributed by atoms with Crippen LogP contribution in [0.1, 0.15) is 16.8 Å². The highest BCUT2D eigenvalue weighted by Crippen LogP contribution is 2.20. The molecule has 2 rings (SSSR count). The second-order valence-corrected chi connectivity index (χ2v) is 4.10. The van der Waals surface area contributed by atoms with E-state index >= 15 is 0 Å². The maximum atomic E-state index is 8.94. The van der Waals surface area contributed by atoms with Crippen molar-refractivity contribution in [1.29, 1.82) is 0 Å². The lowest BCUT2D eigenvalue weighted by atomic mass is 10.1. The summed E-state index contributed by atoms with van der Waals surface area (Å²) in [6.45, 7) is 2.37. The van der Waals surface area contributed by atoms with E-state index in [2.05, 4.69) is 4.98 Å². The number of hydrogen-bond donors (Lipinski definition) is 2. The molecule has 0 saturated carbocycles. The van der Waals surface area contributed by atoms with Gasteiger partial charge in [0.25, 0.3) is 0 Å². The van der Waals surface area contributed by atoms with Gasteiger partial charge >= 0.3 is 0 Å². The first-order valence-electron chi connectivity index (χ1n) is 5.73. The van der Waals surface area contributed by atoms with Crippen LogP contribution < -0.4 is 10.5 Å². The number of ether oxygens (including phenoxy) is 1. The molecule has 0 spiro atoms. The van der Waals surface area contributed by atoms with E-state index in [0.29, 0.717) is 18.2 Å². The fourth-order valence-electron chi connectivity index (χ4n) is 1.59. The molecule has 0 saturated heterocycles. The summed E-state index contributed by atoms with van der Waals surface area (Å²) in [5.74, 6) is 0.994. The van der Waals surface area contributed by atoms with Crippen molar-refractivity contribution in [1.82, 2.24) is 4.98 Å². The Morgan fingerprint density at radius 2 is 1.78 bits per heavy atom. The predicted octanol–water partition coefficient (Wildman–Crippen LogP) is 2.04. The van der Waals surface area contributed by atoms with Crippen molar-refractivity contribution < 1.29 is 9.84 Å². The van der Waals surface area contributed by atoms with Gasteiger partial charge in [0.2, 0.25) is 0 Å². The Bertz CT molecular complexity index is 524. The van der Waals surface area contributed by atoms with E-state index in [-0.39, 0.29) is 6.61 Å². The molecule has 4 heteroatoms. The third-order valence-corrected chi connectivity index (χ3v) is 2.63. The molecule has 0 aliphatic rings. The molecule has 0 fully saturated rings. The first kappa shape index (κ1) is 12.4. The molecular weight excluding hydrogens is 228 g/mol.